The summed E-state index contributed by atoms with van der Waals surface area (Å²) < 4.78 is 6.13. The average molecular weight is 391 g/mol. The van der Waals surface area contributed by atoms with E-state index in [-0.39, 0.29) is 18.5 Å². The highest BCUT2D eigenvalue weighted by Gasteiger charge is 2.11. The first kappa shape index (κ1) is 18.5. The van der Waals surface area contributed by atoms with E-state index >= 15 is 0 Å². The molecule has 0 saturated carbocycles. The van der Waals surface area contributed by atoms with E-state index in [1.54, 1.807) is 7.11 Å². The van der Waals surface area contributed by atoms with Crippen molar-refractivity contribution in [3.63, 3.8) is 0 Å². The number of carbonyl (C=O) groups is 1. The Balaban J connectivity index is 1.95. The number of rotatable bonds is 6. The Kier molecular flexibility index (Phi) is 6.40. The van der Waals surface area contributed by atoms with Crippen LogP contribution >= 0.6 is 15.9 Å². The minimum atomic E-state index is -0.0492. The normalized spacial score (nSPS) is 11.9. The lowest BCUT2D eigenvalue weighted by Gasteiger charge is -2.16. The van der Waals surface area contributed by atoms with Gasteiger partial charge in [-0.2, -0.15) is 0 Å². The molecule has 0 aliphatic carbocycles. The molecule has 0 heterocycles. The molecule has 128 valence electrons. The number of anilines is 1. The Morgan fingerprint density at radius 3 is 2.46 bits per heavy atom. The second kappa shape index (κ2) is 8.31. The highest BCUT2D eigenvalue weighted by atomic mass is 79.9. The second-order valence-electron chi connectivity index (χ2n) is 5.81. The quantitative estimate of drug-likeness (QED) is 0.769. The summed E-state index contributed by atoms with van der Waals surface area (Å²) in [6.07, 6.45) is 0. The number of hydrogen-bond donors (Lipinski definition) is 2. The van der Waals surface area contributed by atoms with Crippen LogP contribution in [0.1, 0.15) is 29.7 Å². The maximum Gasteiger partial charge on any atom is 0.238 e. The summed E-state index contributed by atoms with van der Waals surface area (Å²) >= 11 is 3.48. The molecule has 0 aliphatic rings. The van der Waals surface area contributed by atoms with Crippen LogP contribution in [0.2, 0.25) is 0 Å². The monoisotopic (exact) mass is 390 g/mol. The van der Waals surface area contributed by atoms with Gasteiger partial charge in [-0.05, 0) is 65.5 Å². The SMILES string of the molecule is COc1ccc([C@@H](C)NCC(=O)Nc2c(C)cccc2C)cc1Br. The van der Waals surface area contributed by atoms with Crippen LogP contribution in [0.25, 0.3) is 0 Å². The van der Waals surface area contributed by atoms with E-state index in [0.717, 1.165) is 32.6 Å². The van der Waals surface area contributed by atoms with E-state index in [1.165, 1.54) is 0 Å². The van der Waals surface area contributed by atoms with Crippen LogP contribution in [-0.4, -0.2) is 19.6 Å². The lowest BCUT2D eigenvalue weighted by Crippen LogP contribution is -2.30. The van der Waals surface area contributed by atoms with E-state index in [4.69, 9.17) is 4.74 Å². The number of benzene rings is 2. The van der Waals surface area contributed by atoms with E-state index < -0.39 is 0 Å². The van der Waals surface area contributed by atoms with Gasteiger partial charge < -0.3 is 15.4 Å². The molecule has 1 amide bonds. The Morgan fingerprint density at radius 1 is 1.21 bits per heavy atom. The molecule has 24 heavy (non-hydrogen) atoms. The minimum absolute atomic E-state index is 0.0492. The standard InChI is InChI=1S/C19H23BrN2O2/c1-12-6-5-7-13(2)19(12)22-18(23)11-21-14(3)15-8-9-17(24-4)16(20)10-15/h5-10,14,21H,11H2,1-4H3,(H,22,23)/t14-/m1/s1. The summed E-state index contributed by atoms with van der Waals surface area (Å²) in [5.41, 5.74) is 4.11. The molecule has 1 atom stereocenters. The molecule has 5 heteroatoms. The lowest BCUT2D eigenvalue weighted by atomic mass is 10.1. The molecule has 0 bridgehead atoms. The van der Waals surface area contributed by atoms with Gasteiger partial charge in [-0.25, -0.2) is 0 Å². The first-order valence-electron chi connectivity index (χ1n) is 7.85. The van der Waals surface area contributed by atoms with E-state index in [9.17, 15) is 4.79 Å². The topological polar surface area (TPSA) is 50.4 Å². The summed E-state index contributed by atoms with van der Waals surface area (Å²) in [5.74, 6) is 0.741. The van der Waals surface area contributed by atoms with Gasteiger partial charge in [0.05, 0.1) is 18.1 Å². The third kappa shape index (κ3) is 4.58. The largest absolute Gasteiger partial charge is 0.496 e. The minimum Gasteiger partial charge on any atom is -0.496 e. The van der Waals surface area contributed by atoms with Gasteiger partial charge in [0.15, 0.2) is 0 Å². The zero-order valence-electron chi connectivity index (χ0n) is 14.4. The molecule has 2 N–H and O–H groups in total. The fourth-order valence-corrected chi connectivity index (χ4v) is 3.07. The maximum atomic E-state index is 12.2. The Labute approximate surface area is 151 Å². The fraction of sp³-hybridized carbons (Fsp3) is 0.316. The molecule has 0 radical (unpaired) electrons. The number of carbonyl (C=O) groups excluding carboxylic acids is 1. The van der Waals surface area contributed by atoms with Crippen molar-refractivity contribution in [2.45, 2.75) is 26.8 Å². The molecule has 2 aromatic carbocycles. The van der Waals surface area contributed by atoms with Crippen LogP contribution < -0.4 is 15.4 Å². The number of hydrogen-bond acceptors (Lipinski definition) is 3. The first-order chi connectivity index (χ1) is 11.4. The molecule has 0 fully saturated rings. The smallest absolute Gasteiger partial charge is 0.238 e. The van der Waals surface area contributed by atoms with E-state index in [0.29, 0.717) is 0 Å². The maximum absolute atomic E-state index is 12.2. The summed E-state index contributed by atoms with van der Waals surface area (Å²) in [6, 6.07) is 11.9. The number of aryl methyl sites for hydroxylation is 2. The summed E-state index contributed by atoms with van der Waals surface area (Å²) in [4.78, 5) is 12.2. The van der Waals surface area contributed by atoms with Crippen molar-refractivity contribution in [3.8, 4) is 5.75 Å². The zero-order valence-corrected chi connectivity index (χ0v) is 16.0. The van der Waals surface area contributed by atoms with Crippen LogP contribution in [0, 0.1) is 13.8 Å². The number of para-hydroxylation sites is 1. The van der Waals surface area contributed by atoms with Crippen molar-refractivity contribution in [1.29, 1.82) is 0 Å². The predicted molar refractivity (Wildman–Crippen MR) is 102 cm³/mol. The van der Waals surface area contributed by atoms with Crippen molar-refractivity contribution < 1.29 is 9.53 Å². The third-order valence-corrected chi connectivity index (χ3v) is 4.61. The van der Waals surface area contributed by atoms with Crippen LogP contribution in [0.3, 0.4) is 0 Å². The van der Waals surface area contributed by atoms with Crippen LogP contribution in [-0.2, 0) is 4.79 Å². The van der Waals surface area contributed by atoms with Crippen molar-refractivity contribution in [2.75, 3.05) is 19.0 Å². The third-order valence-electron chi connectivity index (χ3n) is 3.99. The Hall–Kier alpha value is -1.85. The number of nitrogens with one attached hydrogen (secondary N) is 2. The second-order valence-corrected chi connectivity index (χ2v) is 6.67. The number of halogens is 1. The highest BCUT2D eigenvalue weighted by molar-refractivity contribution is 9.10. The van der Waals surface area contributed by atoms with Gasteiger partial charge in [0.25, 0.3) is 0 Å². The summed E-state index contributed by atoms with van der Waals surface area (Å²) in [5, 5.41) is 6.23. The van der Waals surface area contributed by atoms with Crippen LogP contribution in [0.4, 0.5) is 5.69 Å². The van der Waals surface area contributed by atoms with Gasteiger partial charge >= 0.3 is 0 Å². The van der Waals surface area contributed by atoms with E-state index in [1.807, 2.05) is 57.2 Å². The van der Waals surface area contributed by atoms with Crippen molar-refractivity contribution in [2.24, 2.45) is 0 Å². The first-order valence-corrected chi connectivity index (χ1v) is 8.64. The zero-order chi connectivity index (χ0) is 17.7. The van der Waals surface area contributed by atoms with Crippen molar-refractivity contribution in [1.82, 2.24) is 5.32 Å². The van der Waals surface area contributed by atoms with Gasteiger partial charge in [-0.15, -0.1) is 0 Å². The number of ether oxygens (including phenoxy) is 1. The molecule has 0 aliphatic heterocycles. The molecule has 0 spiro atoms. The Bertz CT molecular complexity index is 711. The fourth-order valence-electron chi connectivity index (χ4n) is 2.51. The summed E-state index contributed by atoms with van der Waals surface area (Å²) in [6.45, 7) is 6.26. The Morgan fingerprint density at radius 2 is 1.88 bits per heavy atom. The molecule has 0 aromatic heterocycles. The average Bonchev–Trinajstić information content (AvgIpc) is 2.56. The van der Waals surface area contributed by atoms with Gasteiger partial charge in [0, 0.05) is 11.7 Å². The van der Waals surface area contributed by atoms with Gasteiger partial charge in [-0.1, -0.05) is 24.3 Å². The molecular formula is C19H23BrN2O2. The lowest BCUT2D eigenvalue weighted by molar-refractivity contribution is -0.115. The molecular weight excluding hydrogens is 368 g/mol. The van der Waals surface area contributed by atoms with Crippen molar-refractivity contribution in [3.05, 3.63) is 57.6 Å². The van der Waals surface area contributed by atoms with Gasteiger partial charge in [0.2, 0.25) is 5.91 Å². The number of amides is 1. The molecule has 2 rings (SSSR count). The van der Waals surface area contributed by atoms with Crippen molar-refractivity contribution >= 4 is 27.5 Å². The molecule has 0 saturated heterocycles. The molecule has 4 nitrogen and oxygen atoms in total. The van der Waals surface area contributed by atoms with Gasteiger partial charge in [-0.3, -0.25) is 4.79 Å². The molecule has 2 aromatic rings. The van der Waals surface area contributed by atoms with Crippen LogP contribution in [0.5, 0.6) is 5.75 Å². The predicted octanol–water partition coefficient (Wildman–Crippen LogP) is 4.36. The number of methoxy groups -OCH3 is 1. The van der Waals surface area contributed by atoms with Crippen LogP contribution in [0.15, 0.2) is 40.9 Å². The van der Waals surface area contributed by atoms with E-state index in [2.05, 4.69) is 26.6 Å². The summed E-state index contributed by atoms with van der Waals surface area (Å²) in [7, 11) is 1.64. The van der Waals surface area contributed by atoms with Gasteiger partial charge in [0.1, 0.15) is 5.75 Å². The molecule has 0 unspecified atom stereocenters. The highest BCUT2D eigenvalue weighted by Crippen LogP contribution is 2.28.